The Morgan fingerprint density at radius 2 is 1.43 bits per heavy atom. The summed E-state index contributed by atoms with van der Waals surface area (Å²) in [6.45, 7) is 1.24. The van der Waals surface area contributed by atoms with Gasteiger partial charge in [-0.3, -0.25) is 0 Å². The van der Waals surface area contributed by atoms with Gasteiger partial charge in [-0.2, -0.15) is 0 Å². The van der Waals surface area contributed by atoms with Gasteiger partial charge in [0.25, 0.3) is 0 Å². The van der Waals surface area contributed by atoms with Gasteiger partial charge in [0.1, 0.15) is 13.2 Å². The van der Waals surface area contributed by atoms with Gasteiger partial charge in [-0.05, 0) is 27.6 Å². The molecule has 0 N–H and O–H groups in total. The number of hydrogen-bond donors (Lipinski definition) is 0. The third-order valence-corrected chi connectivity index (χ3v) is 5.26. The molecule has 23 heavy (non-hydrogen) atoms. The number of fused-ring (bicyclic) bond motifs is 3. The molecule has 0 atom stereocenters. The minimum absolute atomic E-state index is 0.611. The highest BCUT2D eigenvalue weighted by molar-refractivity contribution is 7.14. The normalized spacial score (nSPS) is 13.6. The highest BCUT2D eigenvalue weighted by Crippen LogP contribution is 2.49. The van der Waals surface area contributed by atoms with Crippen LogP contribution in [-0.2, 0) is 0 Å². The monoisotopic (exact) mass is 318 g/mol. The van der Waals surface area contributed by atoms with E-state index in [4.69, 9.17) is 9.47 Å². The molecule has 0 aliphatic carbocycles. The lowest BCUT2D eigenvalue weighted by Crippen LogP contribution is -2.14. The summed E-state index contributed by atoms with van der Waals surface area (Å²) in [5.74, 6) is 1.76. The average molecular weight is 318 g/mol. The molecular formula is C20H14O2S. The van der Waals surface area contributed by atoms with Crippen LogP contribution in [0, 0.1) is 0 Å². The van der Waals surface area contributed by atoms with Crippen LogP contribution in [0.5, 0.6) is 11.5 Å². The molecule has 1 aliphatic heterocycles. The Kier molecular flexibility index (Phi) is 2.82. The van der Waals surface area contributed by atoms with Crippen molar-refractivity contribution in [1.29, 1.82) is 0 Å². The number of rotatable bonds is 1. The summed E-state index contributed by atoms with van der Waals surface area (Å²) in [5, 5.41) is 7.07. The molecule has 1 aromatic heterocycles. The van der Waals surface area contributed by atoms with Crippen molar-refractivity contribution in [2.75, 3.05) is 13.2 Å². The summed E-state index contributed by atoms with van der Waals surface area (Å²) in [5.41, 5.74) is 1.25. The van der Waals surface area contributed by atoms with Crippen molar-refractivity contribution in [3.63, 3.8) is 0 Å². The van der Waals surface area contributed by atoms with E-state index in [1.165, 1.54) is 27.1 Å². The Labute approximate surface area is 137 Å². The molecule has 2 nitrogen and oxygen atoms in total. The zero-order chi connectivity index (χ0) is 15.2. The van der Waals surface area contributed by atoms with Crippen molar-refractivity contribution in [2.24, 2.45) is 0 Å². The van der Waals surface area contributed by atoms with E-state index >= 15 is 0 Å². The van der Waals surface area contributed by atoms with Gasteiger partial charge in [-0.25, -0.2) is 0 Å². The predicted octanol–water partition coefficient (Wildman–Crippen LogP) is 5.49. The van der Waals surface area contributed by atoms with Gasteiger partial charge in [0.2, 0.25) is 0 Å². The van der Waals surface area contributed by atoms with Crippen molar-refractivity contribution in [1.82, 2.24) is 0 Å². The van der Waals surface area contributed by atoms with Crippen LogP contribution in [0.2, 0.25) is 0 Å². The SMILES string of the molecule is c1ccc2c(-c3scc4c3OCCO4)c3ccccc3cc2c1. The van der Waals surface area contributed by atoms with Crippen molar-refractivity contribution >= 4 is 32.9 Å². The topological polar surface area (TPSA) is 18.5 Å². The van der Waals surface area contributed by atoms with E-state index in [1.54, 1.807) is 11.3 Å². The molecule has 0 saturated heterocycles. The summed E-state index contributed by atoms with van der Waals surface area (Å²) in [7, 11) is 0. The molecule has 3 aromatic carbocycles. The second-order valence-electron chi connectivity index (χ2n) is 5.65. The first-order valence-corrected chi connectivity index (χ1v) is 8.58. The number of ether oxygens (including phenoxy) is 2. The van der Waals surface area contributed by atoms with Gasteiger partial charge in [0.05, 0.1) is 4.88 Å². The van der Waals surface area contributed by atoms with Crippen molar-refractivity contribution in [2.45, 2.75) is 0 Å². The van der Waals surface area contributed by atoms with Gasteiger partial charge in [-0.15, -0.1) is 11.3 Å². The summed E-state index contributed by atoms with van der Waals surface area (Å²) < 4.78 is 11.7. The second-order valence-corrected chi connectivity index (χ2v) is 6.53. The third kappa shape index (κ3) is 1.93. The standard InChI is InChI=1S/C20H14O2S/c1-3-7-15-13(5-1)11-14-6-2-4-8-16(14)18(15)20-19-17(12-23-20)21-9-10-22-19/h1-8,11-12H,9-10H2. The maximum atomic E-state index is 5.93. The summed E-state index contributed by atoms with van der Waals surface area (Å²) in [4.78, 5) is 1.16. The van der Waals surface area contributed by atoms with E-state index in [0.717, 1.165) is 16.4 Å². The second kappa shape index (κ2) is 5.00. The Morgan fingerprint density at radius 1 is 0.783 bits per heavy atom. The van der Waals surface area contributed by atoms with E-state index in [1.807, 2.05) is 0 Å². The first-order valence-electron chi connectivity index (χ1n) is 7.70. The summed E-state index contributed by atoms with van der Waals surface area (Å²) in [6.07, 6.45) is 0. The van der Waals surface area contributed by atoms with E-state index in [-0.39, 0.29) is 0 Å². The molecule has 5 rings (SSSR count). The number of thiophene rings is 1. The molecule has 1 aliphatic rings. The first-order chi connectivity index (χ1) is 11.4. The van der Waals surface area contributed by atoms with Gasteiger partial charge >= 0.3 is 0 Å². The Morgan fingerprint density at radius 3 is 2.17 bits per heavy atom. The zero-order valence-electron chi connectivity index (χ0n) is 12.4. The van der Waals surface area contributed by atoms with Gasteiger partial charge in [-0.1, -0.05) is 48.5 Å². The fraction of sp³-hybridized carbons (Fsp3) is 0.100. The van der Waals surface area contributed by atoms with Crippen LogP contribution in [0.4, 0.5) is 0 Å². The third-order valence-electron chi connectivity index (χ3n) is 4.30. The van der Waals surface area contributed by atoms with E-state index in [0.29, 0.717) is 13.2 Å². The minimum atomic E-state index is 0.611. The lowest BCUT2D eigenvalue weighted by Gasteiger charge is -2.17. The van der Waals surface area contributed by atoms with E-state index in [9.17, 15) is 0 Å². The van der Waals surface area contributed by atoms with Crippen LogP contribution in [0.3, 0.4) is 0 Å². The van der Waals surface area contributed by atoms with Crippen LogP contribution in [0.15, 0.2) is 60.0 Å². The fourth-order valence-corrected chi connectivity index (χ4v) is 4.30. The largest absolute Gasteiger partial charge is 0.485 e. The summed E-state index contributed by atoms with van der Waals surface area (Å²) in [6, 6.07) is 19.3. The average Bonchev–Trinajstić information content (AvgIpc) is 3.03. The van der Waals surface area contributed by atoms with Crippen LogP contribution in [0.1, 0.15) is 0 Å². The van der Waals surface area contributed by atoms with Crippen LogP contribution < -0.4 is 9.47 Å². The fourth-order valence-electron chi connectivity index (χ4n) is 3.29. The molecule has 0 saturated carbocycles. The lowest BCUT2D eigenvalue weighted by atomic mass is 9.95. The quantitative estimate of drug-likeness (QED) is 0.432. The lowest BCUT2D eigenvalue weighted by molar-refractivity contribution is 0.174. The first kappa shape index (κ1) is 13.0. The maximum absolute atomic E-state index is 5.93. The van der Waals surface area contributed by atoms with Gasteiger partial charge in [0.15, 0.2) is 11.5 Å². The van der Waals surface area contributed by atoms with E-state index in [2.05, 4.69) is 60.0 Å². The smallest absolute Gasteiger partial charge is 0.179 e. The molecule has 0 fully saturated rings. The molecule has 3 heteroatoms. The Balaban J connectivity index is 1.93. The van der Waals surface area contributed by atoms with E-state index < -0.39 is 0 Å². The highest BCUT2D eigenvalue weighted by Gasteiger charge is 2.22. The minimum Gasteiger partial charge on any atom is -0.485 e. The van der Waals surface area contributed by atoms with Crippen molar-refractivity contribution < 1.29 is 9.47 Å². The van der Waals surface area contributed by atoms with Gasteiger partial charge in [0, 0.05) is 10.9 Å². The van der Waals surface area contributed by atoms with Crippen LogP contribution in [-0.4, -0.2) is 13.2 Å². The molecule has 112 valence electrons. The molecule has 0 bridgehead atoms. The summed E-state index contributed by atoms with van der Waals surface area (Å²) >= 11 is 1.70. The van der Waals surface area contributed by atoms with Crippen LogP contribution >= 0.6 is 11.3 Å². The molecule has 0 spiro atoms. The predicted molar refractivity (Wildman–Crippen MR) is 95.8 cm³/mol. The molecular weight excluding hydrogens is 304 g/mol. The van der Waals surface area contributed by atoms with Crippen molar-refractivity contribution in [3.8, 4) is 21.9 Å². The molecule has 0 radical (unpaired) electrons. The van der Waals surface area contributed by atoms with Crippen LogP contribution in [0.25, 0.3) is 32.0 Å². The zero-order valence-corrected chi connectivity index (χ0v) is 13.2. The molecule has 2 heterocycles. The Bertz CT molecular complexity index is 978. The highest BCUT2D eigenvalue weighted by atomic mass is 32.1. The Hall–Kier alpha value is -2.52. The van der Waals surface area contributed by atoms with Crippen molar-refractivity contribution in [3.05, 3.63) is 60.0 Å². The van der Waals surface area contributed by atoms with Gasteiger partial charge < -0.3 is 9.47 Å². The number of benzene rings is 3. The molecule has 0 unspecified atom stereocenters. The molecule has 0 amide bonds. The number of hydrogen-bond acceptors (Lipinski definition) is 3. The maximum Gasteiger partial charge on any atom is 0.179 e. The molecule has 4 aromatic rings.